The largest absolute Gasteiger partial charge is 0.302 e. The van der Waals surface area contributed by atoms with Gasteiger partial charge in [-0.25, -0.2) is 4.98 Å². The van der Waals surface area contributed by atoms with E-state index in [4.69, 9.17) is 0 Å². The molecule has 4 heteroatoms. The Kier molecular flexibility index (Phi) is 3.87. The molecule has 2 aliphatic rings. The molecule has 1 heterocycles. The molecule has 1 N–H and O–H groups in total. The molecule has 3 rings (SSSR count). The van der Waals surface area contributed by atoms with Gasteiger partial charge in [0.05, 0.1) is 0 Å². The lowest BCUT2D eigenvalue weighted by atomic mass is 9.80. The van der Waals surface area contributed by atoms with Crippen molar-refractivity contribution in [2.45, 2.75) is 57.8 Å². The highest BCUT2D eigenvalue weighted by atomic mass is 32.1. The van der Waals surface area contributed by atoms with Gasteiger partial charge in [-0.1, -0.05) is 32.6 Å². The first-order chi connectivity index (χ1) is 9.24. The SMILES string of the molecule is C[C@H]1CCCC[C@@H]1c1cnc(NC(=O)C2CCC2)s1. The Bertz CT molecular complexity index is 453. The number of nitrogens with zero attached hydrogens (tertiary/aromatic N) is 1. The van der Waals surface area contributed by atoms with Crippen LogP contribution in [-0.2, 0) is 4.79 Å². The van der Waals surface area contributed by atoms with Gasteiger partial charge < -0.3 is 5.32 Å². The van der Waals surface area contributed by atoms with Crippen molar-refractivity contribution in [3.05, 3.63) is 11.1 Å². The van der Waals surface area contributed by atoms with Crippen LogP contribution in [0, 0.1) is 11.8 Å². The van der Waals surface area contributed by atoms with Crippen molar-refractivity contribution in [1.29, 1.82) is 0 Å². The Hall–Kier alpha value is -0.900. The van der Waals surface area contributed by atoms with Gasteiger partial charge in [0.1, 0.15) is 0 Å². The molecular formula is C15H22N2OS. The second kappa shape index (κ2) is 5.61. The normalized spacial score (nSPS) is 27.8. The van der Waals surface area contributed by atoms with Crippen LogP contribution < -0.4 is 5.32 Å². The first-order valence-electron chi connectivity index (χ1n) is 7.50. The van der Waals surface area contributed by atoms with Gasteiger partial charge in [-0.05, 0) is 31.1 Å². The Morgan fingerprint density at radius 2 is 2.05 bits per heavy atom. The highest BCUT2D eigenvalue weighted by Gasteiger charge is 2.27. The molecule has 0 aliphatic heterocycles. The third-order valence-corrected chi connectivity index (χ3v) is 5.75. The van der Waals surface area contributed by atoms with E-state index >= 15 is 0 Å². The molecule has 0 bridgehead atoms. The number of carbonyl (C=O) groups is 1. The van der Waals surface area contributed by atoms with Crippen LogP contribution in [0.2, 0.25) is 0 Å². The monoisotopic (exact) mass is 278 g/mol. The van der Waals surface area contributed by atoms with E-state index in [1.807, 2.05) is 6.20 Å². The zero-order valence-corrected chi connectivity index (χ0v) is 12.3. The van der Waals surface area contributed by atoms with E-state index in [9.17, 15) is 4.79 Å². The molecule has 2 aliphatic carbocycles. The molecule has 1 amide bonds. The summed E-state index contributed by atoms with van der Waals surface area (Å²) in [6.45, 7) is 2.34. The fraction of sp³-hybridized carbons (Fsp3) is 0.733. The fourth-order valence-corrected chi connectivity index (χ4v) is 4.22. The van der Waals surface area contributed by atoms with Crippen molar-refractivity contribution in [3.8, 4) is 0 Å². The minimum Gasteiger partial charge on any atom is -0.302 e. The first-order valence-corrected chi connectivity index (χ1v) is 8.32. The van der Waals surface area contributed by atoms with Crippen LogP contribution in [0.25, 0.3) is 0 Å². The maximum Gasteiger partial charge on any atom is 0.229 e. The van der Waals surface area contributed by atoms with Crippen LogP contribution in [0.4, 0.5) is 5.13 Å². The summed E-state index contributed by atoms with van der Waals surface area (Å²) >= 11 is 1.68. The van der Waals surface area contributed by atoms with E-state index in [0.29, 0.717) is 5.92 Å². The number of amides is 1. The van der Waals surface area contributed by atoms with Crippen molar-refractivity contribution in [3.63, 3.8) is 0 Å². The molecule has 2 atom stereocenters. The predicted octanol–water partition coefficient (Wildman–Crippen LogP) is 4.18. The van der Waals surface area contributed by atoms with Crippen molar-refractivity contribution < 1.29 is 4.79 Å². The molecule has 0 aromatic carbocycles. The van der Waals surface area contributed by atoms with Gasteiger partial charge >= 0.3 is 0 Å². The first kappa shape index (κ1) is 13.1. The van der Waals surface area contributed by atoms with Gasteiger partial charge in [0.15, 0.2) is 5.13 Å². The Balaban J connectivity index is 1.63. The summed E-state index contributed by atoms with van der Waals surface area (Å²) in [6.07, 6.45) is 10.6. The fourth-order valence-electron chi connectivity index (χ4n) is 3.13. The van der Waals surface area contributed by atoms with Gasteiger partial charge in [0, 0.05) is 17.0 Å². The van der Waals surface area contributed by atoms with Crippen molar-refractivity contribution in [2.24, 2.45) is 11.8 Å². The maximum atomic E-state index is 11.9. The molecule has 0 unspecified atom stereocenters. The van der Waals surface area contributed by atoms with Gasteiger partial charge in [-0.2, -0.15) is 0 Å². The van der Waals surface area contributed by atoms with Gasteiger partial charge in [-0.15, -0.1) is 11.3 Å². The molecule has 2 saturated carbocycles. The molecule has 19 heavy (non-hydrogen) atoms. The molecule has 0 radical (unpaired) electrons. The van der Waals surface area contributed by atoms with Crippen LogP contribution >= 0.6 is 11.3 Å². The number of carbonyl (C=O) groups excluding carboxylic acids is 1. The lowest BCUT2D eigenvalue weighted by molar-refractivity contribution is -0.122. The van der Waals surface area contributed by atoms with E-state index in [1.54, 1.807) is 11.3 Å². The van der Waals surface area contributed by atoms with Crippen molar-refractivity contribution in [2.75, 3.05) is 5.32 Å². The number of nitrogens with one attached hydrogen (secondary N) is 1. The molecule has 1 aromatic heterocycles. The second-order valence-electron chi connectivity index (χ2n) is 6.05. The topological polar surface area (TPSA) is 42.0 Å². The second-order valence-corrected chi connectivity index (χ2v) is 7.12. The third kappa shape index (κ3) is 2.83. The highest BCUT2D eigenvalue weighted by Crippen LogP contribution is 2.40. The van der Waals surface area contributed by atoms with E-state index in [2.05, 4.69) is 17.2 Å². The van der Waals surface area contributed by atoms with Crippen LogP contribution in [0.15, 0.2) is 6.20 Å². The van der Waals surface area contributed by atoms with Crippen LogP contribution in [0.1, 0.15) is 62.7 Å². The van der Waals surface area contributed by atoms with E-state index in [0.717, 1.165) is 23.9 Å². The summed E-state index contributed by atoms with van der Waals surface area (Å²) in [4.78, 5) is 17.7. The van der Waals surface area contributed by atoms with Crippen molar-refractivity contribution in [1.82, 2.24) is 4.98 Å². The van der Waals surface area contributed by atoms with Crippen LogP contribution in [0.3, 0.4) is 0 Å². The zero-order chi connectivity index (χ0) is 13.2. The number of rotatable bonds is 3. The standard InChI is InChI=1S/C15H22N2OS/c1-10-5-2-3-8-12(10)13-9-16-15(19-13)17-14(18)11-6-4-7-11/h9-12H,2-8H2,1H3,(H,16,17,18)/t10-,12-/m0/s1. The summed E-state index contributed by atoms with van der Waals surface area (Å²) in [7, 11) is 0. The summed E-state index contributed by atoms with van der Waals surface area (Å²) in [5.74, 6) is 1.81. The summed E-state index contributed by atoms with van der Waals surface area (Å²) in [5, 5.41) is 3.78. The lowest BCUT2D eigenvalue weighted by Crippen LogP contribution is -2.27. The Morgan fingerprint density at radius 1 is 1.26 bits per heavy atom. The van der Waals surface area contributed by atoms with E-state index in [1.165, 1.54) is 37.0 Å². The van der Waals surface area contributed by atoms with Gasteiger partial charge in [-0.3, -0.25) is 4.79 Å². The Labute approximate surface area is 118 Å². The van der Waals surface area contributed by atoms with Crippen LogP contribution in [-0.4, -0.2) is 10.9 Å². The number of hydrogen-bond acceptors (Lipinski definition) is 3. The maximum absolute atomic E-state index is 11.9. The molecule has 2 fully saturated rings. The molecule has 0 spiro atoms. The Morgan fingerprint density at radius 3 is 2.74 bits per heavy atom. The van der Waals surface area contributed by atoms with Crippen LogP contribution in [0.5, 0.6) is 0 Å². The number of anilines is 1. The third-order valence-electron chi connectivity index (χ3n) is 4.71. The summed E-state index contributed by atoms with van der Waals surface area (Å²) < 4.78 is 0. The molecule has 3 nitrogen and oxygen atoms in total. The molecule has 104 valence electrons. The van der Waals surface area contributed by atoms with Gasteiger partial charge in [0.25, 0.3) is 0 Å². The number of hydrogen-bond donors (Lipinski definition) is 1. The zero-order valence-electron chi connectivity index (χ0n) is 11.5. The quantitative estimate of drug-likeness (QED) is 0.901. The van der Waals surface area contributed by atoms with Crippen molar-refractivity contribution >= 4 is 22.4 Å². The molecule has 0 saturated heterocycles. The molecular weight excluding hydrogens is 256 g/mol. The van der Waals surface area contributed by atoms with E-state index in [-0.39, 0.29) is 11.8 Å². The van der Waals surface area contributed by atoms with E-state index < -0.39 is 0 Å². The molecule has 1 aromatic rings. The highest BCUT2D eigenvalue weighted by molar-refractivity contribution is 7.15. The number of aromatic nitrogens is 1. The lowest BCUT2D eigenvalue weighted by Gasteiger charge is -2.27. The average Bonchev–Trinajstić information content (AvgIpc) is 2.75. The summed E-state index contributed by atoms with van der Waals surface area (Å²) in [5.41, 5.74) is 0. The average molecular weight is 278 g/mol. The van der Waals surface area contributed by atoms with Gasteiger partial charge in [0.2, 0.25) is 5.91 Å². The minimum absolute atomic E-state index is 0.170. The summed E-state index contributed by atoms with van der Waals surface area (Å²) in [6, 6.07) is 0. The number of thiazole rings is 1. The predicted molar refractivity (Wildman–Crippen MR) is 78.5 cm³/mol. The smallest absolute Gasteiger partial charge is 0.229 e. The minimum atomic E-state index is 0.170.